The second-order valence-corrected chi connectivity index (χ2v) is 40.5. The maximum Gasteiger partial charge on any atom is 0.403 e. The van der Waals surface area contributed by atoms with Crippen LogP contribution >= 0.6 is 0 Å². The lowest BCUT2D eigenvalue weighted by molar-refractivity contribution is -0.364. The normalized spacial score (nSPS) is 24.8. The largest absolute Gasteiger partial charge is 0.403 e. The summed E-state index contributed by atoms with van der Waals surface area (Å²) in [5.74, 6) is 2.43. The minimum absolute atomic E-state index is 0.0106. The fourth-order valence-electron chi connectivity index (χ4n) is 14.6. The van der Waals surface area contributed by atoms with Crippen LogP contribution in [0.3, 0.4) is 0 Å². The van der Waals surface area contributed by atoms with Crippen LogP contribution in [0.2, 0.25) is 0 Å². The molecule has 2 bridgehead atoms. The summed E-state index contributed by atoms with van der Waals surface area (Å²) >= 11 is 0. The molecule has 0 radical (unpaired) electrons. The first kappa shape index (κ1) is 108. The number of alkyl halides is 18. The SMILES string of the molecule is CC(C)(C)C.CC(C)C(C)(C)C.CC1CCC(C(F)(F)F)(C(F)(F)F)CC1.CCC(C)(C)C.CCC(C)(CC)C(C)(C)C.CCC(CC)C(C)(C)C.CCCC(C)(C)C.C[C@@H]1CCCCC1(C(F)(F)F)C(F)(F)F.C[C@H]1CC2CCC1(C)CC2.C[C@H]1CCC2CC(C(F)(F)F)(C(F)(F)F)CCC2C1. The van der Waals surface area contributed by atoms with E-state index in [0.717, 1.165) is 48.9 Å². The van der Waals surface area contributed by atoms with Crippen LogP contribution in [0.25, 0.3) is 0 Å². The second-order valence-electron chi connectivity index (χ2n) is 40.5. The predicted octanol–water partition coefficient (Wildman–Crippen LogP) is 34.5. The maximum absolute atomic E-state index is 13.0. The van der Waals surface area contributed by atoms with Crippen molar-refractivity contribution in [2.24, 2.45) is 113 Å². The summed E-state index contributed by atoms with van der Waals surface area (Å²) in [6, 6.07) is 0. The van der Waals surface area contributed by atoms with Crippen molar-refractivity contribution in [3.63, 3.8) is 0 Å². The van der Waals surface area contributed by atoms with E-state index in [-0.39, 0.29) is 43.9 Å². The lowest BCUT2D eigenvalue weighted by Crippen LogP contribution is -2.55. The third kappa shape index (κ3) is 37.1. The molecule has 0 aliphatic heterocycles. The zero-order valence-electron chi connectivity index (χ0n) is 71.9. The summed E-state index contributed by atoms with van der Waals surface area (Å²) in [7, 11) is 0. The molecule has 0 saturated heterocycles. The van der Waals surface area contributed by atoms with Crippen molar-refractivity contribution in [3.05, 3.63) is 0 Å². The van der Waals surface area contributed by atoms with Crippen LogP contribution in [0.5, 0.6) is 0 Å². The van der Waals surface area contributed by atoms with Crippen molar-refractivity contribution in [1.82, 2.24) is 0 Å². The van der Waals surface area contributed by atoms with Crippen LogP contribution in [0, 0.1) is 113 Å². The van der Waals surface area contributed by atoms with Gasteiger partial charge in [-0.25, -0.2) is 0 Å². The first-order chi connectivity index (χ1) is 45.5. The Kier molecular flexibility index (Phi) is 44.5. The minimum Gasteiger partial charge on any atom is -0.170 e. The number of halogens is 18. The molecule has 0 aromatic carbocycles. The second kappa shape index (κ2) is 42.4. The molecule has 7 saturated carbocycles. The van der Waals surface area contributed by atoms with Crippen molar-refractivity contribution >= 4 is 0 Å². The Morgan fingerprint density at radius 1 is 0.369 bits per heavy atom. The number of hydrogen-bond acceptors (Lipinski definition) is 0. The van der Waals surface area contributed by atoms with Gasteiger partial charge in [-0.3, -0.25) is 0 Å². The maximum atomic E-state index is 13.0. The molecule has 0 amide bonds. The summed E-state index contributed by atoms with van der Waals surface area (Å²) in [6.45, 7) is 73.2. The summed E-state index contributed by atoms with van der Waals surface area (Å²) in [6.07, 6.45) is -16.0. The smallest absolute Gasteiger partial charge is 0.170 e. The summed E-state index contributed by atoms with van der Waals surface area (Å²) in [4.78, 5) is 0. The predicted molar refractivity (Wildman–Crippen MR) is 402 cm³/mol. The van der Waals surface area contributed by atoms with Gasteiger partial charge in [-0.1, -0.05) is 286 Å². The van der Waals surface area contributed by atoms with Crippen molar-refractivity contribution in [3.8, 4) is 0 Å². The number of rotatable bonds is 5. The highest BCUT2D eigenvalue weighted by Gasteiger charge is 2.74. The van der Waals surface area contributed by atoms with E-state index in [1.165, 1.54) is 77.0 Å². The molecule has 0 nitrogen and oxygen atoms in total. The van der Waals surface area contributed by atoms with E-state index in [0.29, 0.717) is 56.7 Å². The Morgan fingerprint density at radius 3 is 0.942 bits per heavy atom. The van der Waals surface area contributed by atoms with Crippen LogP contribution < -0.4 is 0 Å². The molecule has 7 aliphatic rings. The molecular weight excluding hydrogens is 1360 g/mol. The van der Waals surface area contributed by atoms with Gasteiger partial charge < -0.3 is 0 Å². The van der Waals surface area contributed by atoms with E-state index in [2.05, 4.69) is 208 Å². The quantitative estimate of drug-likeness (QED) is 0.241. The molecule has 626 valence electrons. The van der Waals surface area contributed by atoms with Crippen LogP contribution in [0.1, 0.15) is 395 Å². The average Bonchev–Trinajstić information content (AvgIpc) is 0.748. The molecule has 7 fully saturated rings. The highest BCUT2D eigenvalue weighted by atomic mass is 19.4. The standard InChI is InChI=1S/C13H18F6.C10H18.C10H22.2C9H12F6.C9H20.2C7H16.C6H14.C5H12/c1-8-2-3-10-7-11(12(14,15)16,13(17,18)19)5-4-9(10)6-8;1-8-7-9-3-5-10(8,2)6-4-9;1-7-10(6,8-2)9(3,4)5;1-6-2-4-7(5-3-6,8(10,11)12)9(13,14)15;1-6-4-2-3-5-7(6,8(10,11)12)9(13,14)15;1-6-8(7-2)9(3,4)5;1-6(2)7(3,4)5;1-5-6-7(2,3)4;1-5-6(2,3)4;1-5(2,3)4/h8-10H,2-7H2,1H3;8-9H,3-7H2,1-2H3;7-8H2,1-6H3;2*6H,2-5H2,1H3;8H,6-7H2,1-5H3;6H,1-5H3;5-6H2,1-4H3;5H2,1-4H3;1-4H3/t2*8-,9?,10?;;;6-;;;;;/m00..1...../s1. The fraction of sp³-hybridized carbons (Fsp3) is 1.00. The van der Waals surface area contributed by atoms with Gasteiger partial charge in [-0.15, -0.1) is 0 Å². The Morgan fingerprint density at radius 2 is 0.738 bits per heavy atom. The van der Waals surface area contributed by atoms with Gasteiger partial charge in [-0.2, -0.15) is 79.0 Å². The molecule has 5 atom stereocenters. The van der Waals surface area contributed by atoms with Gasteiger partial charge in [0.05, 0.1) is 0 Å². The van der Waals surface area contributed by atoms with Gasteiger partial charge in [-0.05, 0) is 206 Å². The monoisotopic (exact) mass is 1520 g/mol. The first-order valence-electron chi connectivity index (χ1n) is 39.9. The molecule has 103 heavy (non-hydrogen) atoms. The molecule has 0 aromatic heterocycles. The highest BCUT2D eigenvalue weighted by molar-refractivity contribution is 5.02. The summed E-state index contributed by atoms with van der Waals surface area (Å²) in [5, 5.41) is 0. The lowest BCUT2D eigenvalue weighted by Gasteiger charge is -2.49. The van der Waals surface area contributed by atoms with Gasteiger partial charge in [0.2, 0.25) is 0 Å². The van der Waals surface area contributed by atoms with E-state index in [9.17, 15) is 79.0 Å². The molecular formula is C85H160F18. The number of fused-ring (bicyclic) bond motifs is 4. The molecule has 0 N–H and O–H groups in total. The summed E-state index contributed by atoms with van der Waals surface area (Å²) in [5.41, 5.74) is -6.09. The molecule has 18 heteroatoms. The van der Waals surface area contributed by atoms with Crippen LogP contribution in [-0.2, 0) is 0 Å². The van der Waals surface area contributed by atoms with Crippen molar-refractivity contribution in [1.29, 1.82) is 0 Å². The molecule has 0 spiro atoms. The Bertz CT molecular complexity index is 2120. The van der Waals surface area contributed by atoms with Crippen molar-refractivity contribution in [2.75, 3.05) is 0 Å². The number of hydrogen-bond donors (Lipinski definition) is 0. The molecule has 0 heterocycles. The third-order valence-electron chi connectivity index (χ3n) is 25.1. The summed E-state index contributed by atoms with van der Waals surface area (Å²) < 4.78 is 229. The average molecular weight is 1520 g/mol. The highest BCUT2D eigenvalue weighted by Crippen LogP contribution is 2.64. The van der Waals surface area contributed by atoms with Crippen LogP contribution in [-0.4, -0.2) is 37.1 Å². The van der Waals surface area contributed by atoms with Gasteiger partial charge in [0, 0.05) is 0 Å². The van der Waals surface area contributed by atoms with E-state index in [1.807, 2.05) is 6.92 Å². The van der Waals surface area contributed by atoms with Gasteiger partial charge in [0.25, 0.3) is 0 Å². The molecule has 7 aliphatic carbocycles. The molecule has 0 aromatic rings. The van der Waals surface area contributed by atoms with Crippen molar-refractivity contribution in [2.45, 2.75) is 432 Å². The van der Waals surface area contributed by atoms with Gasteiger partial charge in [0.15, 0.2) is 16.2 Å². The zero-order valence-corrected chi connectivity index (χ0v) is 71.9. The third-order valence-corrected chi connectivity index (χ3v) is 25.1. The van der Waals surface area contributed by atoms with E-state index in [4.69, 9.17) is 0 Å². The van der Waals surface area contributed by atoms with E-state index < -0.39 is 97.2 Å². The van der Waals surface area contributed by atoms with Gasteiger partial charge >= 0.3 is 37.1 Å². The van der Waals surface area contributed by atoms with Crippen LogP contribution in [0.4, 0.5) is 79.0 Å². The van der Waals surface area contributed by atoms with E-state index in [1.54, 1.807) is 6.92 Å². The topological polar surface area (TPSA) is 0 Å². The van der Waals surface area contributed by atoms with Crippen LogP contribution in [0.15, 0.2) is 0 Å². The van der Waals surface area contributed by atoms with E-state index >= 15 is 0 Å². The Hall–Kier alpha value is -1.26. The molecule has 2 unspecified atom stereocenters. The lowest BCUT2D eigenvalue weighted by atomic mass is 9.57. The minimum atomic E-state index is -5.20. The van der Waals surface area contributed by atoms with Crippen molar-refractivity contribution < 1.29 is 79.0 Å². The van der Waals surface area contributed by atoms with Gasteiger partial charge in [0.1, 0.15) is 0 Å². The molecule has 7 rings (SSSR count). The fourth-order valence-corrected chi connectivity index (χ4v) is 14.6. The first-order valence-corrected chi connectivity index (χ1v) is 39.9. The Balaban J connectivity index is -0.000000543. The zero-order chi connectivity index (χ0) is 83.1. The Labute approximate surface area is 621 Å².